The zero-order valence-corrected chi connectivity index (χ0v) is 23.7. The van der Waals surface area contributed by atoms with Crippen LogP contribution in [0.25, 0.3) is 10.9 Å². The molecule has 2 heterocycles. The monoisotopic (exact) mass is 623 g/mol. The van der Waals surface area contributed by atoms with Gasteiger partial charge in [0.1, 0.15) is 17.8 Å². The molecule has 0 aliphatic carbocycles. The fourth-order valence-electron chi connectivity index (χ4n) is 3.85. The number of fused-ring (bicyclic) bond motifs is 1. The Hall–Kier alpha value is -4.05. The summed E-state index contributed by atoms with van der Waals surface area (Å²) in [6, 6.07) is 11.4. The first-order valence-electron chi connectivity index (χ1n) is 12.3. The number of rotatable bonds is 11. The summed E-state index contributed by atoms with van der Waals surface area (Å²) < 4.78 is 70.2. The second-order valence-corrected chi connectivity index (χ2v) is 9.95. The molecule has 4 rings (SSSR count). The molecular formula is C28H23Cl2F4N5O3. The van der Waals surface area contributed by atoms with E-state index in [0.29, 0.717) is 18.7 Å². The van der Waals surface area contributed by atoms with Gasteiger partial charge in [-0.1, -0.05) is 29.3 Å². The molecule has 0 saturated heterocycles. The molecule has 0 spiro atoms. The Morgan fingerprint density at radius 3 is 2.52 bits per heavy atom. The second-order valence-electron chi connectivity index (χ2n) is 9.16. The van der Waals surface area contributed by atoms with E-state index in [1.807, 2.05) is 25.1 Å². The molecule has 4 aromatic rings. The number of aromatic nitrogens is 2. The predicted octanol–water partition coefficient (Wildman–Crippen LogP) is 7.50. The van der Waals surface area contributed by atoms with Gasteiger partial charge in [-0.25, -0.2) is 9.37 Å². The van der Waals surface area contributed by atoms with Gasteiger partial charge < -0.3 is 24.4 Å². The van der Waals surface area contributed by atoms with Crippen LogP contribution in [0.1, 0.15) is 17.7 Å². The number of anilines is 2. The molecule has 0 amide bonds. The number of alkyl halides is 3. The second kappa shape index (κ2) is 13.3. The molecule has 0 radical (unpaired) electrons. The van der Waals surface area contributed by atoms with Gasteiger partial charge in [0.15, 0.2) is 23.1 Å². The summed E-state index contributed by atoms with van der Waals surface area (Å²) in [6.07, 6.45) is -3.25. The highest BCUT2D eigenvalue weighted by molar-refractivity contribution is 6.33. The topological polar surface area (TPSA) is 92.5 Å². The quantitative estimate of drug-likeness (QED) is 0.104. The molecule has 0 atom stereocenters. The Morgan fingerprint density at radius 2 is 1.83 bits per heavy atom. The van der Waals surface area contributed by atoms with Gasteiger partial charge in [-0.2, -0.15) is 5.26 Å². The minimum absolute atomic E-state index is 0.00640. The van der Waals surface area contributed by atoms with E-state index in [1.54, 1.807) is 18.2 Å². The Bertz CT molecular complexity index is 1630. The molecule has 0 aliphatic rings. The van der Waals surface area contributed by atoms with Crippen molar-refractivity contribution in [3.63, 3.8) is 0 Å². The van der Waals surface area contributed by atoms with Crippen LogP contribution in [0.4, 0.5) is 28.9 Å². The van der Waals surface area contributed by atoms with Gasteiger partial charge in [0.25, 0.3) is 0 Å². The van der Waals surface area contributed by atoms with Gasteiger partial charge in [0.05, 0.1) is 39.8 Å². The van der Waals surface area contributed by atoms with E-state index in [1.165, 1.54) is 18.3 Å². The SMILES string of the molecule is CN(C)CCCOc1cc2ncc(C#N)c(Nc3cc(F)c(OCc4cccc(Cl)n4)cc3Cl)c2cc1OC(F)(F)F. The van der Waals surface area contributed by atoms with E-state index in [0.717, 1.165) is 12.1 Å². The number of ether oxygens (including phenoxy) is 3. The van der Waals surface area contributed by atoms with Crippen LogP contribution in [0.2, 0.25) is 10.2 Å². The van der Waals surface area contributed by atoms with Crippen LogP contribution < -0.4 is 19.5 Å². The smallest absolute Gasteiger partial charge is 0.490 e. The summed E-state index contributed by atoms with van der Waals surface area (Å²) in [5.41, 5.74) is 0.670. The first-order chi connectivity index (χ1) is 19.9. The Morgan fingerprint density at radius 1 is 1.05 bits per heavy atom. The molecule has 0 aliphatic heterocycles. The number of halogens is 6. The number of nitrogens with one attached hydrogen (secondary N) is 1. The third-order valence-electron chi connectivity index (χ3n) is 5.72. The largest absolute Gasteiger partial charge is 0.573 e. The highest BCUT2D eigenvalue weighted by Crippen LogP contribution is 2.41. The maximum absolute atomic E-state index is 15.0. The minimum Gasteiger partial charge on any atom is -0.490 e. The van der Waals surface area contributed by atoms with Gasteiger partial charge in [-0.15, -0.1) is 13.2 Å². The van der Waals surface area contributed by atoms with Gasteiger partial charge in [-0.05, 0) is 38.7 Å². The van der Waals surface area contributed by atoms with Crippen LogP contribution in [0.15, 0.2) is 48.7 Å². The van der Waals surface area contributed by atoms with Gasteiger partial charge in [0.2, 0.25) is 0 Å². The van der Waals surface area contributed by atoms with Crippen molar-refractivity contribution in [1.29, 1.82) is 5.26 Å². The first-order valence-corrected chi connectivity index (χ1v) is 13.1. The fraction of sp³-hybridized carbons (Fsp3) is 0.250. The van der Waals surface area contributed by atoms with Crippen molar-refractivity contribution in [3.05, 3.63) is 75.9 Å². The summed E-state index contributed by atoms with van der Waals surface area (Å²) >= 11 is 12.3. The number of pyridine rings is 2. The van der Waals surface area contributed by atoms with E-state index in [2.05, 4.69) is 20.0 Å². The summed E-state index contributed by atoms with van der Waals surface area (Å²) in [4.78, 5) is 10.2. The summed E-state index contributed by atoms with van der Waals surface area (Å²) in [7, 11) is 3.72. The number of nitriles is 1. The van der Waals surface area contributed by atoms with Crippen molar-refractivity contribution in [2.75, 3.05) is 32.6 Å². The zero-order chi connectivity index (χ0) is 30.4. The lowest BCUT2D eigenvalue weighted by molar-refractivity contribution is -0.275. The molecule has 0 unspecified atom stereocenters. The molecule has 1 N–H and O–H groups in total. The van der Waals surface area contributed by atoms with E-state index in [9.17, 15) is 22.8 Å². The third kappa shape index (κ3) is 8.03. The van der Waals surface area contributed by atoms with Gasteiger partial charge in [0, 0.05) is 36.3 Å². The molecule has 2 aromatic heterocycles. The molecule has 0 fully saturated rings. The van der Waals surface area contributed by atoms with Crippen LogP contribution >= 0.6 is 23.2 Å². The average Bonchev–Trinajstić information content (AvgIpc) is 2.91. The standard InChI is InChI=1S/C28H23Cl2F4N5O3/c1-39(2)7-4-8-40-24-12-21-18(9-25(24)42-28(32,33)34)27(16(13-35)14-36-21)38-22-11-20(31)23(10-19(22)29)41-15-17-5-3-6-26(30)37-17/h3,5-6,9-12,14H,4,7-8,15H2,1-2H3,(H,36,38). The van der Waals surface area contributed by atoms with Crippen LogP contribution in [0.5, 0.6) is 17.2 Å². The number of benzene rings is 2. The van der Waals surface area contributed by atoms with Crippen molar-refractivity contribution >= 4 is 45.5 Å². The predicted molar refractivity (Wildman–Crippen MR) is 150 cm³/mol. The molecule has 14 heteroatoms. The van der Waals surface area contributed by atoms with E-state index in [4.69, 9.17) is 32.7 Å². The molecule has 42 heavy (non-hydrogen) atoms. The minimum atomic E-state index is -5.02. The molecule has 0 bridgehead atoms. The molecule has 8 nitrogen and oxygen atoms in total. The maximum atomic E-state index is 15.0. The summed E-state index contributed by atoms with van der Waals surface area (Å²) in [6.45, 7) is 0.686. The Kier molecular flexibility index (Phi) is 9.78. The van der Waals surface area contributed by atoms with E-state index in [-0.39, 0.29) is 62.7 Å². The highest BCUT2D eigenvalue weighted by Gasteiger charge is 2.33. The van der Waals surface area contributed by atoms with Crippen molar-refractivity contribution in [2.24, 2.45) is 0 Å². The van der Waals surface area contributed by atoms with Gasteiger partial charge >= 0.3 is 6.36 Å². The van der Waals surface area contributed by atoms with E-state index < -0.39 is 17.9 Å². The van der Waals surface area contributed by atoms with Crippen molar-refractivity contribution in [2.45, 2.75) is 19.4 Å². The first kappa shape index (κ1) is 30.9. The third-order valence-corrected chi connectivity index (χ3v) is 6.24. The van der Waals surface area contributed by atoms with Crippen LogP contribution in [0, 0.1) is 17.1 Å². The molecule has 220 valence electrons. The average molecular weight is 624 g/mol. The number of hydrogen-bond donors (Lipinski definition) is 1. The lowest BCUT2D eigenvalue weighted by Gasteiger charge is -2.18. The fourth-order valence-corrected chi connectivity index (χ4v) is 4.23. The van der Waals surface area contributed by atoms with Crippen molar-refractivity contribution < 1.29 is 31.8 Å². The lowest BCUT2D eigenvalue weighted by atomic mass is 10.1. The lowest BCUT2D eigenvalue weighted by Crippen LogP contribution is -2.18. The Labute approximate surface area is 248 Å². The molecule has 0 saturated carbocycles. The van der Waals surface area contributed by atoms with E-state index >= 15 is 0 Å². The van der Waals surface area contributed by atoms with Gasteiger partial charge in [-0.3, -0.25) is 4.98 Å². The summed E-state index contributed by atoms with van der Waals surface area (Å²) in [5.74, 6) is -1.78. The summed E-state index contributed by atoms with van der Waals surface area (Å²) in [5, 5.41) is 12.9. The van der Waals surface area contributed by atoms with Crippen molar-refractivity contribution in [1.82, 2.24) is 14.9 Å². The Balaban J connectivity index is 1.68. The highest BCUT2D eigenvalue weighted by atomic mass is 35.5. The number of hydrogen-bond acceptors (Lipinski definition) is 8. The van der Waals surface area contributed by atoms with Crippen LogP contribution in [-0.2, 0) is 6.61 Å². The zero-order valence-electron chi connectivity index (χ0n) is 22.2. The van der Waals surface area contributed by atoms with Crippen LogP contribution in [-0.4, -0.2) is 48.5 Å². The molecule has 2 aromatic carbocycles. The van der Waals surface area contributed by atoms with Crippen molar-refractivity contribution in [3.8, 4) is 23.3 Å². The maximum Gasteiger partial charge on any atom is 0.573 e. The van der Waals surface area contributed by atoms with Crippen LogP contribution in [0.3, 0.4) is 0 Å². The normalized spacial score (nSPS) is 11.4. The molecular weight excluding hydrogens is 601 g/mol. The number of nitrogens with zero attached hydrogens (tertiary/aromatic N) is 4.